The molecule has 0 radical (unpaired) electrons. The number of carboxylic acids is 1. The molecule has 2 N–H and O–H groups in total. The average Bonchev–Trinajstić information content (AvgIpc) is 2.03. The topological polar surface area (TPSA) is 83.8 Å². The van der Waals surface area contributed by atoms with E-state index in [2.05, 4.69) is 11.3 Å². The molecule has 0 aliphatic heterocycles. The van der Waals surface area contributed by atoms with E-state index >= 15 is 0 Å². The summed E-state index contributed by atoms with van der Waals surface area (Å²) in [7, 11) is 0. The van der Waals surface area contributed by atoms with E-state index in [1.165, 1.54) is 6.92 Å². The third kappa shape index (κ3) is 4.04. The molecule has 14 heavy (non-hydrogen) atoms. The Bertz CT molecular complexity index is 254. The number of hydrogen-bond acceptors (Lipinski definition) is 4. The summed E-state index contributed by atoms with van der Waals surface area (Å²) in [5, 5.41) is 17.7. The Hall–Kier alpha value is -1.36. The number of carbonyl (C=O) groups is 2. The number of ether oxygens (including phenoxy) is 1. The van der Waals surface area contributed by atoms with Crippen molar-refractivity contribution in [2.24, 2.45) is 0 Å². The minimum Gasteiger partial charge on any atom is -0.479 e. The van der Waals surface area contributed by atoms with Crippen LogP contribution in [0.25, 0.3) is 0 Å². The quantitative estimate of drug-likeness (QED) is 0.496. The van der Waals surface area contributed by atoms with Gasteiger partial charge in [-0.3, -0.25) is 0 Å². The second-order valence-electron chi connectivity index (χ2n) is 3.25. The predicted molar refractivity (Wildman–Crippen MR) is 48.6 cm³/mol. The second-order valence-corrected chi connectivity index (χ2v) is 3.25. The van der Waals surface area contributed by atoms with E-state index in [-0.39, 0.29) is 18.6 Å². The van der Waals surface area contributed by atoms with Crippen LogP contribution >= 0.6 is 0 Å². The standard InChI is InChI=1S/C9H14O5/c1-6(2)7(10)14-5-4-9(3,13)8(11)12/h13H,1,4-5H2,2-3H3,(H,11,12). The van der Waals surface area contributed by atoms with Crippen molar-refractivity contribution in [3.63, 3.8) is 0 Å². The van der Waals surface area contributed by atoms with E-state index in [0.29, 0.717) is 0 Å². The average molecular weight is 202 g/mol. The van der Waals surface area contributed by atoms with Gasteiger partial charge in [-0.2, -0.15) is 0 Å². The molecule has 0 fully saturated rings. The van der Waals surface area contributed by atoms with Crippen molar-refractivity contribution in [3.05, 3.63) is 12.2 Å². The number of aliphatic hydroxyl groups is 1. The van der Waals surface area contributed by atoms with Crippen LogP contribution in [0.15, 0.2) is 12.2 Å². The fraction of sp³-hybridized carbons (Fsp3) is 0.556. The van der Waals surface area contributed by atoms with Gasteiger partial charge >= 0.3 is 11.9 Å². The summed E-state index contributed by atoms with van der Waals surface area (Å²) in [6.07, 6.45) is -0.151. The van der Waals surface area contributed by atoms with E-state index in [9.17, 15) is 14.7 Å². The lowest BCUT2D eigenvalue weighted by Crippen LogP contribution is -2.36. The summed E-state index contributed by atoms with van der Waals surface area (Å²) in [6.45, 7) is 5.83. The molecule has 0 saturated carbocycles. The first-order valence-electron chi connectivity index (χ1n) is 4.06. The van der Waals surface area contributed by atoms with Gasteiger partial charge < -0.3 is 14.9 Å². The van der Waals surface area contributed by atoms with E-state index in [0.717, 1.165) is 6.92 Å². The summed E-state index contributed by atoms with van der Waals surface area (Å²) in [6, 6.07) is 0. The van der Waals surface area contributed by atoms with Crippen molar-refractivity contribution in [2.45, 2.75) is 25.9 Å². The van der Waals surface area contributed by atoms with Crippen molar-refractivity contribution in [3.8, 4) is 0 Å². The van der Waals surface area contributed by atoms with Crippen molar-refractivity contribution in [1.29, 1.82) is 0 Å². The molecule has 0 aromatic rings. The number of aliphatic carboxylic acids is 1. The van der Waals surface area contributed by atoms with Gasteiger partial charge in [0, 0.05) is 12.0 Å². The minimum atomic E-state index is -1.87. The molecule has 5 nitrogen and oxygen atoms in total. The van der Waals surface area contributed by atoms with Crippen molar-refractivity contribution in [2.75, 3.05) is 6.61 Å². The number of rotatable bonds is 5. The normalized spacial score (nSPS) is 14.2. The molecule has 0 aliphatic carbocycles. The SMILES string of the molecule is C=C(C)C(=O)OCCC(C)(O)C(=O)O. The molecule has 1 atom stereocenters. The zero-order valence-electron chi connectivity index (χ0n) is 8.24. The van der Waals surface area contributed by atoms with Gasteiger partial charge in [-0.05, 0) is 13.8 Å². The van der Waals surface area contributed by atoms with E-state index in [1.807, 2.05) is 0 Å². The first-order chi connectivity index (χ1) is 6.27. The Kier molecular flexibility index (Phi) is 4.30. The molecule has 5 heteroatoms. The smallest absolute Gasteiger partial charge is 0.335 e. The van der Waals surface area contributed by atoms with Gasteiger partial charge in [0.1, 0.15) is 0 Å². The number of esters is 1. The molecular weight excluding hydrogens is 188 g/mol. The van der Waals surface area contributed by atoms with Crippen LogP contribution < -0.4 is 0 Å². The van der Waals surface area contributed by atoms with Crippen molar-refractivity contribution < 1.29 is 24.5 Å². The van der Waals surface area contributed by atoms with Crippen molar-refractivity contribution in [1.82, 2.24) is 0 Å². The lowest BCUT2D eigenvalue weighted by atomic mass is 10.0. The Balaban J connectivity index is 3.91. The highest BCUT2D eigenvalue weighted by Gasteiger charge is 2.29. The Morgan fingerprint density at radius 1 is 1.50 bits per heavy atom. The molecule has 0 bridgehead atoms. The highest BCUT2D eigenvalue weighted by atomic mass is 16.5. The molecule has 0 rings (SSSR count). The molecule has 80 valence electrons. The lowest BCUT2D eigenvalue weighted by molar-refractivity contribution is -0.160. The van der Waals surface area contributed by atoms with Gasteiger partial charge in [-0.15, -0.1) is 0 Å². The van der Waals surface area contributed by atoms with Gasteiger partial charge in [-0.1, -0.05) is 6.58 Å². The first-order valence-corrected chi connectivity index (χ1v) is 4.06. The summed E-state index contributed by atoms with van der Waals surface area (Å²) >= 11 is 0. The Morgan fingerprint density at radius 2 is 2.00 bits per heavy atom. The molecule has 0 saturated heterocycles. The number of hydrogen-bond donors (Lipinski definition) is 2. The summed E-state index contributed by atoms with van der Waals surface area (Å²) in [4.78, 5) is 21.3. The largest absolute Gasteiger partial charge is 0.479 e. The Morgan fingerprint density at radius 3 is 2.36 bits per heavy atom. The number of carbonyl (C=O) groups excluding carboxylic acids is 1. The molecule has 0 aliphatic rings. The van der Waals surface area contributed by atoms with E-state index in [4.69, 9.17) is 5.11 Å². The van der Waals surface area contributed by atoms with E-state index < -0.39 is 17.5 Å². The zero-order valence-corrected chi connectivity index (χ0v) is 8.24. The van der Waals surface area contributed by atoms with E-state index in [1.54, 1.807) is 0 Å². The molecule has 0 aromatic heterocycles. The molecular formula is C9H14O5. The third-order valence-corrected chi connectivity index (χ3v) is 1.63. The van der Waals surface area contributed by atoms with Crippen molar-refractivity contribution >= 4 is 11.9 Å². The van der Waals surface area contributed by atoms with Crippen LogP contribution in [-0.2, 0) is 14.3 Å². The molecule has 0 heterocycles. The van der Waals surface area contributed by atoms with Crippen LogP contribution in [0, 0.1) is 0 Å². The highest BCUT2D eigenvalue weighted by Crippen LogP contribution is 2.09. The highest BCUT2D eigenvalue weighted by molar-refractivity contribution is 5.86. The number of carboxylic acid groups (broad SMARTS) is 1. The van der Waals surface area contributed by atoms with Gasteiger partial charge in [-0.25, -0.2) is 9.59 Å². The fourth-order valence-corrected chi connectivity index (χ4v) is 0.573. The molecule has 0 aromatic carbocycles. The maximum Gasteiger partial charge on any atom is 0.335 e. The molecule has 0 spiro atoms. The fourth-order valence-electron chi connectivity index (χ4n) is 0.573. The van der Waals surface area contributed by atoms with Crippen LogP contribution in [0.5, 0.6) is 0 Å². The van der Waals surface area contributed by atoms with Crippen LogP contribution in [0.1, 0.15) is 20.3 Å². The summed E-state index contributed by atoms with van der Waals surface area (Å²) in [5.74, 6) is -1.94. The zero-order chi connectivity index (χ0) is 11.4. The summed E-state index contributed by atoms with van der Waals surface area (Å²) in [5.41, 5.74) is -1.63. The van der Waals surface area contributed by atoms with Gasteiger partial charge in [0.2, 0.25) is 0 Å². The molecule has 1 unspecified atom stereocenters. The van der Waals surface area contributed by atoms with Crippen LogP contribution in [-0.4, -0.2) is 34.4 Å². The maximum absolute atomic E-state index is 10.8. The minimum absolute atomic E-state index is 0.148. The van der Waals surface area contributed by atoms with Gasteiger partial charge in [0.15, 0.2) is 5.60 Å². The monoisotopic (exact) mass is 202 g/mol. The third-order valence-electron chi connectivity index (χ3n) is 1.63. The predicted octanol–water partition coefficient (Wildman–Crippen LogP) is 0.331. The first kappa shape index (κ1) is 12.6. The maximum atomic E-state index is 10.8. The molecule has 0 amide bonds. The van der Waals surface area contributed by atoms with Crippen LogP contribution in [0.3, 0.4) is 0 Å². The van der Waals surface area contributed by atoms with Crippen LogP contribution in [0.4, 0.5) is 0 Å². The lowest BCUT2D eigenvalue weighted by Gasteiger charge is -2.17. The van der Waals surface area contributed by atoms with Crippen LogP contribution in [0.2, 0.25) is 0 Å². The Labute approximate surface area is 82.0 Å². The van der Waals surface area contributed by atoms with Gasteiger partial charge in [0.05, 0.1) is 6.61 Å². The van der Waals surface area contributed by atoms with Gasteiger partial charge in [0.25, 0.3) is 0 Å². The second kappa shape index (κ2) is 4.76. The summed E-state index contributed by atoms with van der Waals surface area (Å²) < 4.78 is 4.63.